The molecule has 1 amide bonds. The third-order valence-electron chi connectivity index (χ3n) is 5.24. The number of nitrogens with zero attached hydrogens (tertiary/aromatic N) is 3. The van der Waals surface area contributed by atoms with Crippen LogP contribution in [0, 0.1) is 0 Å². The Bertz CT molecular complexity index is 918. The van der Waals surface area contributed by atoms with Crippen molar-refractivity contribution >= 4 is 17.4 Å². The Hall–Kier alpha value is -2.86. The second-order valence-electron chi connectivity index (χ2n) is 7.31. The molecule has 4 rings (SSSR count). The van der Waals surface area contributed by atoms with E-state index in [2.05, 4.69) is 9.80 Å². The van der Waals surface area contributed by atoms with Gasteiger partial charge in [0.2, 0.25) is 5.91 Å². The Morgan fingerprint density at radius 3 is 2.18 bits per heavy atom. The van der Waals surface area contributed by atoms with Crippen molar-refractivity contribution in [1.82, 2.24) is 14.7 Å². The predicted octanol–water partition coefficient (Wildman–Crippen LogP) is 3.29. The fraction of sp³-hybridized carbons (Fsp3) is 0.318. The number of ether oxygens (including phenoxy) is 1. The number of piperazine rings is 1. The quantitative estimate of drug-likeness (QED) is 0.818. The number of benzene rings is 2. The standard InChI is InChI=1S/C22H24FN3O2/c1-24(2)20(27)15-25-11-13-26(14-12-25)22-17-8-4-6-10-19(17)28-18-9-5-3-7-16(18)21(22)23/h3-10H,11-15H2,1-2H3. The van der Waals surface area contributed by atoms with E-state index >= 15 is 4.39 Å². The molecule has 0 atom stereocenters. The molecule has 0 bridgehead atoms. The van der Waals surface area contributed by atoms with Gasteiger partial charge in [-0.2, -0.15) is 0 Å². The number of carbonyl (C=O) groups excluding carboxylic acids is 1. The van der Waals surface area contributed by atoms with Crippen LogP contribution in [0.2, 0.25) is 0 Å². The summed E-state index contributed by atoms with van der Waals surface area (Å²) in [6.07, 6.45) is 0. The number of hydrogen-bond donors (Lipinski definition) is 0. The number of halogens is 1. The van der Waals surface area contributed by atoms with Crippen LogP contribution in [-0.2, 0) is 4.79 Å². The lowest BCUT2D eigenvalue weighted by Gasteiger charge is -2.37. The lowest BCUT2D eigenvalue weighted by atomic mass is 10.0. The van der Waals surface area contributed by atoms with Gasteiger partial charge in [0.05, 0.1) is 17.8 Å². The van der Waals surface area contributed by atoms with E-state index in [1.807, 2.05) is 36.4 Å². The molecule has 2 aliphatic rings. The summed E-state index contributed by atoms with van der Waals surface area (Å²) in [6.45, 7) is 3.12. The van der Waals surface area contributed by atoms with Crippen molar-refractivity contribution in [2.24, 2.45) is 0 Å². The Morgan fingerprint density at radius 2 is 1.54 bits per heavy atom. The minimum absolute atomic E-state index is 0.0842. The summed E-state index contributed by atoms with van der Waals surface area (Å²) in [5, 5.41) is 0. The van der Waals surface area contributed by atoms with Gasteiger partial charge in [-0.3, -0.25) is 9.69 Å². The molecule has 2 aromatic carbocycles. The first kappa shape index (κ1) is 18.5. The summed E-state index contributed by atoms with van der Waals surface area (Å²) in [7, 11) is 3.53. The molecule has 0 spiro atoms. The van der Waals surface area contributed by atoms with Crippen LogP contribution in [0.1, 0.15) is 11.1 Å². The van der Waals surface area contributed by atoms with Crippen LogP contribution in [0.25, 0.3) is 11.5 Å². The third kappa shape index (κ3) is 3.47. The Kier molecular flexibility index (Phi) is 5.05. The summed E-state index contributed by atoms with van der Waals surface area (Å²) in [5.74, 6) is 1.000. The number of rotatable bonds is 3. The molecule has 1 fully saturated rings. The van der Waals surface area contributed by atoms with Crippen molar-refractivity contribution < 1.29 is 13.9 Å². The molecule has 1 saturated heterocycles. The predicted molar refractivity (Wildman–Crippen MR) is 108 cm³/mol. The normalized spacial score (nSPS) is 16.8. The Labute approximate surface area is 164 Å². The fourth-order valence-corrected chi connectivity index (χ4v) is 3.62. The smallest absolute Gasteiger partial charge is 0.236 e. The minimum atomic E-state index is -0.265. The highest BCUT2D eigenvalue weighted by Gasteiger charge is 2.29. The summed E-state index contributed by atoms with van der Waals surface area (Å²) in [5.41, 5.74) is 1.80. The molecule has 2 heterocycles. The lowest BCUT2D eigenvalue weighted by Crippen LogP contribution is -2.48. The van der Waals surface area contributed by atoms with Gasteiger partial charge in [-0.15, -0.1) is 0 Å². The minimum Gasteiger partial charge on any atom is -0.456 e. The van der Waals surface area contributed by atoms with Gasteiger partial charge in [-0.25, -0.2) is 4.39 Å². The molecule has 2 aromatic rings. The van der Waals surface area contributed by atoms with Crippen LogP contribution < -0.4 is 4.74 Å². The van der Waals surface area contributed by atoms with E-state index in [4.69, 9.17) is 4.74 Å². The zero-order valence-electron chi connectivity index (χ0n) is 16.2. The summed E-state index contributed by atoms with van der Waals surface area (Å²) in [4.78, 5) is 17.8. The number of para-hydroxylation sites is 2. The number of carbonyl (C=O) groups is 1. The zero-order chi connectivity index (χ0) is 19.7. The number of amides is 1. The highest BCUT2D eigenvalue weighted by atomic mass is 19.1. The van der Waals surface area contributed by atoms with Gasteiger partial charge in [0.1, 0.15) is 11.5 Å². The SMILES string of the molecule is CN(C)C(=O)CN1CCN(C2=C(F)c3ccccc3Oc3ccccc32)CC1. The maximum absolute atomic E-state index is 15.7. The van der Waals surface area contributed by atoms with Gasteiger partial charge in [-0.05, 0) is 24.3 Å². The molecule has 0 saturated carbocycles. The first-order valence-electron chi connectivity index (χ1n) is 9.48. The van der Waals surface area contributed by atoms with Gasteiger partial charge in [0, 0.05) is 45.8 Å². The first-order valence-corrected chi connectivity index (χ1v) is 9.48. The average molecular weight is 381 g/mol. The van der Waals surface area contributed by atoms with Crippen LogP contribution >= 0.6 is 0 Å². The lowest BCUT2D eigenvalue weighted by molar-refractivity contribution is -0.130. The molecule has 6 heteroatoms. The fourth-order valence-electron chi connectivity index (χ4n) is 3.62. The number of hydrogen-bond acceptors (Lipinski definition) is 4. The van der Waals surface area contributed by atoms with Crippen molar-refractivity contribution in [3.63, 3.8) is 0 Å². The van der Waals surface area contributed by atoms with E-state index in [1.54, 1.807) is 31.1 Å². The maximum Gasteiger partial charge on any atom is 0.236 e. The summed E-state index contributed by atoms with van der Waals surface area (Å²) >= 11 is 0. The van der Waals surface area contributed by atoms with Crippen molar-refractivity contribution in [2.75, 3.05) is 46.8 Å². The Balaban J connectivity index is 1.64. The van der Waals surface area contributed by atoms with Crippen LogP contribution in [0.3, 0.4) is 0 Å². The molecule has 0 radical (unpaired) electrons. The molecule has 0 N–H and O–H groups in total. The second-order valence-corrected chi connectivity index (χ2v) is 7.31. The van der Waals surface area contributed by atoms with Crippen molar-refractivity contribution in [3.05, 3.63) is 59.7 Å². The molecule has 0 aliphatic carbocycles. The molecule has 2 aliphatic heterocycles. The first-order chi connectivity index (χ1) is 13.5. The van der Waals surface area contributed by atoms with Crippen LogP contribution in [0.5, 0.6) is 11.5 Å². The van der Waals surface area contributed by atoms with E-state index in [1.165, 1.54) is 0 Å². The summed E-state index contributed by atoms with van der Waals surface area (Å²) in [6, 6.07) is 14.8. The van der Waals surface area contributed by atoms with E-state index in [9.17, 15) is 4.79 Å². The molecule has 0 unspecified atom stereocenters. The third-order valence-corrected chi connectivity index (χ3v) is 5.24. The molecular weight excluding hydrogens is 357 g/mol. The largest absolute Gasteiger partial charge is 0.456 e. The average Bonchev–Trinajstić information content (AvgIpc) is 2.83. The van der Waals surface area contributed by atoms with Gasteiger partial charge >= 0.3 is 0 Å². The zero-order valence-corrected chi connectivity index (χ0v) is 16.2. The van der Waals surface area contributed by atoms with E-state index in [0.717, 1.165) is 5.56 Å². The van der Waals surface area contributed by atoms with Crippen LogP contribution in [0.15, 0.2) is 48.5 Å². The van der Waals surface area contributed by atoms with Gasteiger partial charge in [0.25, 0.3) is 0 Å². The van der Waals surface area contributed by atoms with E-state index < -0.39 is 0 Å². The van der Waals surface area contributed by atoms with Gasteiger partial charge in [-0.1, -0.05) is 24.3 Å². The van der Waals surface area contributed by atoms with Crippen LogP contribution in [-0.4, -0.2) is 67.4 Å². The molecule has 0 aromatic heterocycles. The maximum atomic E-state index is 15.7. The molecule has 146 valence electrons. The molecular formula is C22H24FN3O2. The van der Waals surface area contributed by atoms with Gasteiger partial charge < -0.3 is 14.5 Å². The second kappa shape index (κ2) is 7.64. The van der Waals surface area contributed by atoms with Crippen molar-refractivity contribution in [3.8, 4) is 11.5 Å². The highest BCUT2D eigenvalue weighted by Crippen LogP contribution is 2.44. The number of fused-ring (bicyclic) bond motifs is 2. The molecule has 5 nitrogen and oxygen atoms in total. The summed E-state index contributed by atoms with van der Waals surface area (Å²) < 4.78 is 21.7. The highest BCUT2D eigenvalue weighted by molar-refractivity contribution is 5.91. The van der Waals surface area contributed by atoms with E-state index in [0.29, 0.717) is 55.5 Å². The molecule has 28 heavy (non-hydrogen) atoms. The van der Waals surface area contributed by atoms with Crippen molar-refractivity contribution in [2.45, 2.75) is 0 Å². The van der Waals surface area contributed by atoms with E-state index in [-0.39, 0.29) is 11.7 Å². The van der Waals surface area contributed by atoms with Crippen LogP contribution in [0.4, 0.5) is 4.39 Å². The Morgan fingerprint density at radius 1 is 0.964 bits per heavy atom. The number of likely N-dealkylation sites (N-methyl/N-ethyl adjacent to an activating group) is 1. The van der Waals surface area contributed by atoms with Crippen molar-refractivity contribution in [1.29, 1.82) is 0 Å². The monoisotopic (exact) mass is 381 g/mol. The van der Waals surface area contributed by atoms with Gasteiger partial charge in [0.15, 0.2) is 5.83 Å². The topological polar surface area (TPSA) is 36.0 Å².